The number of hydrogen-bond donors (Lipinski definition) is 1. The lowest BCUT2D eigenvalue weighted by molar-refractivity contribution is 1.12. The molecule has 1 nitrogen and oxygen atoms in total. The largest absolute Gasteiger partial charge is 0.361 e. The lowest BCUT2D eigenvalue weighted by Crippen LogP contribution is -2.24. The summed E-state index contributed by atoms with van der Waals surface area (Å²) in [5.41, 5.74) is 1.47. The quantitative estimate of drug-likeness (QED) is 0.700. The van der Waals surface area contributed by atoms with E-state index in [1.165, 1.54) is 29.0 Å². The molecule has 1 aromatic rings. The zero-order chi connectivity index (χ0) is 9.26. The van der Waals surface area contributed by atoms with Crippen LogP contribution in [-0.2, 0) is 0 Å². The van der Waals surface area contributed by atoms with Gasteiger partial charge in [0.25, 0.3) is 0 Å². The van der Waals surface area contributed by atoms with E-state index >= 15 is 0 Å². The molecule has 1 aliphatic rings. The molecule has 0 bridgehead atoms. The maximum atomic E-state index is 3.75. The van der Waals surface area contributed by atoms with Crippen LogP contribution in [0.5, 0.6) is 0 Å². The topological polar surface area (TPSA) is 15.8 Å². The van der Waals surface area contributed by atoms with Crippen LogP contribution in [0, 0.1) is 0 Å². The van der Waals surface area contributed by atoms with Crippen LogP contribution in [0.3, 0.4) is 0 Å². The van der Waals surface area contributed by atoms with Gasteiger partial charge in [-0.05, 0) is 31.2 Å². The number of rotatable bonds is 2. The highest BCUT2D eigenvalue weighted by molar-refractivity contribution is 5.42. The molecule has 1 heterocycles. The normalized spacial score (nSPS) is 19.5. The molecule has 1 heteroatoms. The molecule has 0 atom stereocenters. The van der Waals surface area contributed by atoms with Crippen molar-refractivity contribution < 1.29 is 0 Å². The molecular formula is C12H15N. The van der Waals surface area contributed by atoms with Gasteiger partial charge in [-0.15, -0.1) is 0 Å². The molecule has 1 aliphatic carbocycles. The highest BCUT2D eigenvalue weighted by Crippen LogP contribution is 2.37. The molecule has 1 saturated carbocycles. The summed E-state index contributed by atoms with van der Waals surface area (Å²) in [6.45, 7) is 5.81. The van der Waals surface area contributed by atoms with E-state index in [1.54, 1.807) is 0 Å². The van der Waals surface area contributed by atoms with Crippen molar-refractivity contribution in [3.63, 3.8) is 0 Å². The molecule has 13 heavy (non-hydrogen) atoms. The Labute approximate surface area is 78.5 Å². The molecule has 1 fully saturated rings. The molecule has 0 aromatic carbocycles. The molecule has 0 aliphatic heterocycles. The first kappa shape index (κ1) is 8.36. The van der Waals surface area contributed by atoms with Crippen LogP contribution in [0.25, 0.3) is 12.2 Å². The molecule has 0 radical (unpaired) electrons. The zero-order valence-electron chi connectivity index (χ0n) is 8.01. The summed E-state index contributed by atoms with van der Waals surface area (Å²) in [6, 6.07) is 0. The van der Waals surface area contributed by atoms with Crippen molar-refractivity contribution in [2.45, 2.75) is 25.7 Å². The smallest absolute Gasteiger partial charge is 0.0413 e. The average molecular weight is 173 g/mol. The van der Waals surface area contributed by atoms with E-state index in [0.29, 0.717) is 0 Å². The van der Waals surface area contributed by atoms with Gasteiger partial charge in [0, 0.05) is 16.8 Å². The standard InChI is InChI=1S/C12H15N/c1-3-5-10-11(9-6-7-9)8-13-12(10)4-2/h3-5,8-9,13H,1,6-7H2,2H3. The summed E-state index contributed by atoms with van der Waals surface area (Å²) >= 11 is 0. The molecule has 68 valence electrons. The minimum atomic E-state index is 0.802. The molecule has 1 aromatic heterocycles. The second kappa shape index (κ2) is 3.25. The monoisotopic (exact) mass is 173 g/mol. The number of H-pyrrole nitrogens is 1. The Morgan fingerprint density at radius 3 is 2.85 bits per heavy atom. The summed E-state index contributed by atoms with van der Waals surface area (Å²) in [4.78, 5) is 3.30. The van der Waals surface area contributed by atoms with Crippen molar-refractivity contribution in [1.29, 1.82) is 0 Å². The Morgan fingerprint density at radius 1 is 1.54 bits per heavy atom. The predicted octanol–water partition coefficient (Wildman–Crippen LogP) is 1.66. The van der Waals surface area contributed by atoms with Crippen LogP contribution >= 0.6 is 0 Å². The second-order valence-corrected chi connectivity index (χ2v) is 3.54. The Balaban J connectivity index is 2.64. The van der Waals surface area contributed by atoms with Gasteiger partial charge in [0.05, 0.1) is 0 Å². The number of hydrogen-bond acceptors (Lipinski definition) is 0. The summed E-state index contributed by atoms with van der Waals surface area (Å²) in [5, 5.41) is 2.56. The van der Waals surface area contributed by atoms with Crippen LogP contribution in [0.2, 0.25) is 0 Å². The van der Waals surface area contributed by atoms with Crippen molar-refractivity contribution in [2.24, 2.45) is 0 Å². The van der Waals surface area contributed by atoms with Gasteiger partial charge in [-0.3, -0.25) is 0 Å². The molecule has 0 saturated heterocycles. The Bertz CT molecular complexity index is 418. The second-order valence-electron chi connectivity index (χ2n) is 3.54. The molecular weight excluding hydrogens is 158 g/mol. The fourth-order valence-corrected chi connectivity index (χ4v) is 1.74. The SMILES string of the molecule is C=CC=c1c(C2CC2)c[nH]c1=CC. The first-order valence-electron chi connectivity index (χ1n) is 4.83. The lowest BCUT2D eigenvalue weighted by atomic mass is 10.1. The van der Waals surface area contributed by atoms with Gasteiger partial charge in [-0.1, -0.05) is 24.8 Å². The van der Waals surface area contributed by atoms with Gasteiger partial charge in [0.2, 0.25) is 0 Å². The molecule has 2 rings (SSSR count). The Kier molecular flexibility index (Phi) is 2.09. The van der Waals surface area contributed by atoms with E-state index in [9.17, 15) is 0 Å². The third-order valence-electron chi connectivity index (χ3n) is 2.57. The average Bonchev–Trinajstić information content (AvgIpc) is 2.90. The lowest BCUT2D eigenvalue weighted by Gasteiger charge is -1.88. The van der Waals surface area contributed by atoms with Gasteiger partial charge in [0.15, 0.2) is 0 Å². The highest BCUT2D eigenvalue weighted by atomic mass is 14.7. The molecule has 0 amide bonds. The van der Waals surface area contributed by atoms with Crippen molar-refractivity contribution in [3.8, 4) is 0 Å². The minimum absolute atomic E-state index is 0.802. The summed E-state index contributed by atoms with van der Waals surface area (Å²) < 4.78 is 0. The summed E-state index contributed by atoms with van der Waals surface area (Å²) in [7, 11) is 0. The number of nitrogens with one attached hydrogen (secondary N) is 1. The van der Waals surface area contributed by atoms with E-state index < -0.39 is 0 Å². The van der Waals surface area contributed by atoms with Gasteiger partial charge >= 0.3 is 0 Å². The van der Waals surface area contributed by atoms with Gasteiger partial charge < -0.3 is 4.98 Å². The maximum Gasteiger partial charge on any atom is 0.0413 e. The van der Waals surface area contributed by atoms with Crippen LogP contribution in [-0.4, -0.2) is 4.98 Å². The van der Waals surface area contributed by atoms with Crippen molar-refractivity contribution >= 4 is 12.2 Å². The van der Waals surface area contributed by atoms with Crippen LogP contribution in [0.4, 0.5) is 0 Å². The van der Waals surface area contributed by atoms with Crippen molar-refractivity contribution in [2.75, 3.05) is 0 Å². The minimum Gasteiger partial charge on any atom is -0.361 e. The third kappa shape index (κ3) is 1.46. The van der Waals surface area contributed by atoms with Crippen LogP contribution in [0.15, 0.2) is 18.9 Å². The van der Waals surface area contributed by atoms with Crippen LogP contribution in [0.1, 0.15) is 31.2 Å². The summed E-state index contributed by atoms with van der Waals surface area (Å²) in [6.07, 6.45) is 10.9. The number of aromatic nitrogens is 1. The maximum absolute atomic E-state index is 3.75. The van der Waals surface area contributed by atoms with E-state index in [2.05, 4.69) is 36.8 Å². The first-order valence-corrected chi connectivity index (χ1v) is 4.83. The van der Waals surface area contributed by atoms with Crippen molar-refractivity contribution in [3.05, 3.63) is 35.0 Å². The molecule has 0 spiro atoms. The third-order valence-corrected chi connectivity index (χ3v) is 2.57. The Hall–Kier alpha value is -1.24. The van der Waals surface area contributed by atoms with E-state index in [4.69, 9.17) is 0 Å². The fraction of sp³-hybridized carbons (Fsp3) is 0.333. The van der Waals surface area contributed by atoms with Gasteiger partial charge in [-0.2, -0.15) is 0 Å². The molecule has 1 N–H and O–H groups in total. The first-order chi connectivity index (χ1) is 6.36. The van der Waals surface area contributed by atoms with Gasteiger partial charge in [-0.25, -0.2) is 0 Å². The fourth-order valence-electron chi connectivity index (χ4n) is 1.74. The molecule has 0 unspecified atom stereocenters. The Morgan fingerprint density at radius 2 is 2.31 bits per heavy atom. The van der Waals surface area contributed by atoms with E-state index in [0.717, 1.165) is 5.92 Å². The van der Waals surface area contributed by atoms with Gasteiger partial charge in [0.1, 0.15) is 0 Å². The van der Waals surface area contributed by atoms with Crippen molar-refractivity contribution in [1.82, 2.24) is 4.98 Å². The van der Waals surface area contributed by atoms with Crippen LogP contribution < -0.4 is 10.6 Å². The number of aromatic amines is 1. The predicted molar refractivity (Wildman–Crippen MR) is 56.8 cm³/mol. The van der Waals surface area contributed by atoms with E-state index in [-0.39, 0.29) is 0 Å². The number of allylic oxidation sites excluding steroid dienone is 1. The highest BCUT2D eigenvalue weighted by Gasteiger charge is 2.24. The van der Waals surface area contributed by atoms with E-state index in [1.807, 2.05) is 6.08 Å². The zero-order valence-corrected chi connectivity index (χ0v) is 8.01. The summed E-state index contributed by atoms with van der Waals surface area (Å²) in [5.74, 6) is 0.802.